The third-order valence-corrected chi connectivity index (χ3v) is 3.62. The van der Waals surface area contributed by atoms with E-state index in [-0.39, 0.29) is 5.56 Å². The molecule has 0 radical (unpaired) electrons. The number of nitrogens with zero attached hydrogens (tertiary/aromatic N) is 3. The van der Waals surface area contributed by atoms with Gasteiger partial charge in [-0.2, -0.15) is 0 Å². The van der Waals surface area contributed by atoms with Crippen LogP contribution in [0.2, 0.25) is 0 Å². The summed E-state index contributed by atoms with van der Waals surface area (Å²) in [6.07, 6.45) is 5.38. The molecule has 0 atom stereocenters. The lowest BCUT2D eigenvalue weighted by Gasteiger charge is -2.27. The first-order chi connectivity index (χ1) is 9.78. The first kappa shape index (κ1) is 13.0. The summed E-state index contributed by atoms with van der Waals surface area (Å²) in [5.41, 5.74) is 2.58. The number of aromatic amines is 1. The lowest BCUT2D eigenvalue weighted by Crippen LogP contribution is -2.36. The van der Waals surface area contributed by atoms with E-state index in [4.69, 9.17) is 0 Å². The minimum Gasteiger partial charge on any atom is -0.306 e. The van der Waals surface area contributed by atoms with Crippen LogP contribution in [0.5, 0.6) is 0 Å². The fourth-order valence-corrected chi connectivity index (χ4v) is 2.63. The number of H-pyrrole nitrogens is 1. The van der Waals surface area contributed by atoms with Crippen molar-refractivity contribution in [2.75, 3.05) is 13.1 Å². The SMILES string of the molecule is CCCN1CCc2nc(-c3cccnc3)[nH]c(=O)c2C1. The molecule has 3 rings (SSSR count). The molecule has 0 spiro atoms. The molecule has 2 aromatic heterocycles. The zero-order valence-electron chi connectivity index (χ0n) is 11.6. The topological polar surface area (TPSA) is 61.9 Å². The number of aromatic nitrogens is 3. The molecule has 1 aliphatic rings. The van der Waals surface area contributed by atoms with E-state index < -0.39 is 0 Å². The summed E-state index contributed by atoms with van der Waals surface area (Å²) in [6, 6.07) is 3.75. The Hall–Kier alpha value is -2.01. The van der Waals surface area contributed by atoms with E-state index in [1.165, 1.54) is 0 Å². The van der Waals surface area contributed by atoms with Crippen LogP contribution in [0.3, 0.4) is 0 Å². The molecule has 0 unspecified atom stereocenters. The number of pyridine rings is 1. The Bertz CT molecular complexity index is 651. The second kappa shape index (κ2) is 5.54. The van der Waals surface area contributed by atoms with Crippen LogP contribution in [-0.4, -0.2) is 32.9 Å². The minimum atomic E-state index is -0.0188. The Kier molecular flexibility index (Phi) is 3.60. The highest BCUT2D eigenvalue weighted by Crippen LogP contribution is 2.17. The summed E-state index contributed by atoms with van der Waals surface area (Å²) in [7, 11) is 0. The lowest BCUT2D eigenvalue weighted by atomic mass is 10.1. The van der Waals surface area contributed by atoms with Crippen LogP contribution >= 0.6 is 0 Å². The molecule has 0 amide bonds. The largest absolute Gasteiger partial charge is 0.306 e. The van der Waals surface area contributed by atoms with Gasteiger partial charge in [0.05, 0.1) is 11.3 Å². The molecule has 20 heavy (non-hydrogen) atoms. The fraction of sp³-hybridized carbons (Fsp3) is 0.400. The smallest absolute Gasteiger partial charge is 0.255 e. The standard InChI is InChI=1S/C15H18N4O/c1-2-7-19-8-5-13-12(10-19)15(20)18-14(17-13)11-4-3-6-16-9-11/h3-4,6,9H,2,5,7-8,10H2,1H3,(H,17,18,20). The Morgan fingerprint density at radius 2 is 2.35 bits per heavy atom. The Morgan fingerprint density at radius 3 is 3.10 bits per heavy atom. The zero-order valence-corrected chi connectivity index (χ0v) is 11.6. The molecule has 5 nitrogen and oxygen atoms in total. The number of rotatable bonds is 3. The summed E-state index contributed by atoms with van der Waals surface area (Å²) >= 11 is 0. The van der Waals surface area contributed by atoms with Crippen LogP contribution in [0, 0.1) is 0 Å². The van der Waals surface area contributed by atoms with Gasteiger partial charge in [-0.1, -0.05) is 6.92 Å². The predicted molar refractivity (Wildman–Crippen MR) is 77.4 cm³/mol. The highest BCUT2D eigenvalue weighted by atomic mass is 16.1. The first-order valence-corrected chi connectivity index (χ1v) is 7.02. The van der Waals surface area contributed by atoms with Gasteiger partial charge in [-0.25, -0.2) is 4.98 Å². The third kappa shape index (κ3) is 2.49. The molecule has 1 N–H and O–H groups in total. The number of fused-ring (bicyclic) bond motifs is 1. The van der Waals surface area contributed by atoms with E-state index in [1.807, 2.05) is 12.1 Å². The molecule has 0 fully saturated rings. The molecule has 3 heterocycles. The van der Waals surface area contributed by atoms with Gasteiger partial charge in [0, 0.05) is 37.5 Å². The fourth-order valence-electron chi connectivity index (χ4n) is 2.63. The van der Waals surface area contributed by atoms with Crippen molar-refractivity contribution in [2.45, 2.75) is 26.3 Å². The van der Waals surface area contributed by atoms with Gasteiger partial charge in [0.25, 0.3) is 5.56 Å². The summed E-state index contributed by atoms with van der Waals surface area (Å²) in [5, 5.41) is 0. The van der Waals surface area contributed by atoms with Gasteiger partial charge in [-0.05, 0) is 25.1 Å². The average molecular weight is 270 g/mol. The van der Waals surface area contributed by atoms with E-state index >= 15 is 0 Å². The highest BCUT2D eigenvalue weighted by molar-refractivity contribution is 5.53. The van der Waals surface area contributed by atoms with Crippen molar-refractivity contribution in [3.05, 3.63) is 46.1 Å². The molecule has 0 aromatic carbocycles. The Morgan fingerprint density at radius 1 is 1.45 bits per heavy atom. The number of nitrogens with one attached hydrogen (secondary N) is 1. The summed E-state index contributed by atoms with van der Waals surface area (Å²) in [5.74, 6) is 0.616. The molecule has 0 aliphatic carbocycles. The summed E-state index contributed by atoms with van der Waals surface area (Å²) < 4.78 is 0. The molecule has 0 saturated carbocycles. The van der Waals surface area contributed by atoms with Crippen LogP contribution in [0.1, 0.15) is 24.6 Å². The second-order valence-electron chi connectivity index (χ2n) is 5.11. The Labute approximate surface area is 117 Å². The monoisotopic (exact) mass is 270 g/mol. The summed E-state index contributed by atoms with van der Waals surface area (Å²) in [4.78, 5) is 26.1. The predicted octanol–water partition coefficient (Wildman–Crippen LogP) is 1.60. The van der Waals surface area contributed by atoms with E-state index in [0.717, 1.165) is 42.8 Å². The number of hydrogen-bond acceptors (Lipinski definition) is 4. The van der Waals surface area contributed by atoms with E-state index in [1.54, 1.807) is 12.4 Å². The van der Waals surface area contributed by atoms with Crippen molar-refractivity contribution in [2.24, 2.45) is 0 Å². The second-order valence-corrected chi connectivity index (χ2v) is 5.11. The van der Waals surface area contributed by atoms with Gasteiger partial charge in [-0.3, -0.25) is 14.7 Å². The molecule has 5 heteroatoms. The van der Waals surface area contributed by atoms with Crippen molar-refractivity contribution in [3.8, 4) is 11.4 Å². The van der Waals surface area contributed by atoms with Gasteiger partial charge in [0.2, 0.25) is 0 Å². The van der Waals surface area contributed by atoms with Crippen LogP contribution in [-0.2, 0) is 13.0 Å². The maximum Gasteiger partial charge on any atom is 0.255 e. The molecule has 1 aliphatic heterocycles. The molecule has 0 bridgehead atoms. The van der Waals surface area contributed by atoms with Gasteiger partial charge < -0.3 is 4.98 Å². The first-order valence-electron chi connectivity index (χ1n) is 7.02. The van der Waals surface area contributed by atoms with Crippen molar-refractivity contribution in [1.82, 2.24) is 19.9 Å². The minimum absolute atomic E-state index is 0.0188. The van der Waals surface area contributed by atoms with Crippen LogP contribution in [0.25, 0.3) is 11.4 Å². The van der Waals surface area contributed by atoms with Crippen LogP contribution < -0.4 is 5.56 Å². The lowest BCUT2D eigenvalue weighted by molar-refractivity contribution is 0.251. The van der Waals surface area contributed by atoms with Gasteiger partial charge in [-0.15, -0.1) is 0 Å². The van der Waals surface area contributed by atoms with Gasteiger partial charge in [0.15, 0.2) is 0 Å². The molecule has 104 valence electrons. The quantitative estimate of drug-likeness (QED) is 0.920. The molecule has 0 saturated heterocycles. The van der Waals surface area contributed by atoms with E-state index in [2.05, 4.69) is 26.8 Å². The van der Waals surface area contributed by atoms with Crippen molar-refractivity contribution in [1.29, 1.82) is 0 Å². The number of hydrogen-bond donors (Lipinski definition) is 1. The summed E-state index contributed by atoms with van der Waals surface area (Å²) in [6.45, 7) is 4.87. The van der Waals surface area contributed by atoms with Gasteiger partial charge >= 0.3 is 0 Å². The normalized spacial score (nSPS) is 15.1. The highest BCUT2D eigenvalue weighted by Gasteiger charge is 2.20. The molecule has 2 aromatic rings. The molecular formula is C15H18N4O. The van der Waals surface area contributed by atoms with E-state index in [0.29, 0.717) is 12.4 Å². The van der Waals surface area contributed by atoms with Crippen LogP contribution in [0.4, 0.5) is 0 Å². The average Bonchev–Trinajstić information content (AvgIpc) is 2.49. The maximum atomic E-state index is 12.3. The zero-order chi connectivity index (χ0) is 13.9. The van der Waals surface area contributed by atoms with Crippen molar-refractivity contribution >= 4 is 0 Å². The molecular weight excluding hydrogens is 252 g/mol. The van der Waals surface area contributed by atoms with E-state index in [9.17, 15) is 4.79 Å². The Balaban J connectivity index is 1.97. The van der Waals surface area contributed by atoms with Crippen molar-refractivity contribution < 1.29 is 0 Å². The van der Waals surface area contributed by atoms with Crippen molar-refractivity contribution in [3.63, 3.8) is 0 Å². The maximum absolute atomic E-state index is 12.3. The van der Waals surface area contributed by atoms with Gasteiger partial charge in [0.1, 0.15) is 5.82 Å². The third-order valence-electron chi connectivity index (χ3n) is 3.62. The van der Waals surface area contributed by atoms with Crippen LogP contribution in [0.15, 0.2) is 29.3 Å².